The molecule has 8 heteroatoms. The van der Waals surface area contributed by atoms with Gasteiger partial charge in [0.05, 0.1) is 4.90 Å². The van der Waals surface area contributed by atoms with Gasteiger partial charge >= 0.3 is 0 Å². The van der Waals surface area contributed by atoms with Gasteiger partial charge in [-0.2, -0.15) is 4.98 Å². The van der Waals surface area contributed by atoms with Crippen molar-refractivity contribution in [3.05, 3.63) is 54.1 Å². The fraction of sp³-hybridized carbons (Fsp3) is 0.333. The van der Waals surface area contributed by atoms with Crippen LogP contribution in [0.1, 0.15) is 30.1 Å². The van der Waals surface area contributed by atoms with Gasteiger partial charge in [-0.3, -0.25) is 4.79 Å². The van der Waals surface area contributed by atoms with Gasteiger partial charge in [-0.05, 0) is 49.9 Å². The van der Waals surface area contributed by atoms with Crippen molar-refractivity contribution in [2.75, 3.05) is 24.5 Å². The number of carbonyl (C=O) groups is 1. The summed E-state index contributed by atoms with van der Waals surface area (Å²) >= 11 is 0. The van der Waals surface area contributed by atoms with Gasteiger partial charge in [0.2, 0.25) is 10.0 Å². The molecule has 0 spiro atoms. The molecule has 1 N–H and O–H groups in total. The Morgan fingerprint density at radius 3 is 2.48 bits per heavy atom. The molecule has 0 saturated carbocycles. The number of carbonyl (C=O) groups excluding carboxylic acids is 1. The number of nitrogens with zero attached hydrogens (tertiary/aromatic N) is 2. The molecule has 0 atom stereocenters. The Hall–Kier alpha value is -2.71. The molecule has 29 heavy (non-hydrogen) atoms. The predicted molar refractivity (Wildman–Crippen MR) is 111 cm³/mol. The highest BCUT2D eigenvalue weighted by Gasteiger charge is 2.24. The number of oxazole rings is 1. The topological polar surface area (TPSA) is 92.5 Å². The van der Waals surface area contributed by atoms with Crippen molar-refractivity contribution in [3.63, 3.8) is 0 Å². The van der Waals surface area contributed by atoms with Crippen molar-refractivity contribution in [2.45, 2.75) is 24.7 Å². The summed E-state index contributed by atoms with van der Waals surface area (Å²) < 4.78 is 33.5. The lowest BCUT2D eigenvalue weighted by Crippen LogP contribution is -2.38. The molecule has 0 unspecified atom stereocenters. The molecule has 0 amide bonds. The number of hydrogen-bond acceptors (Lipinski definition) is 6. The minimum absolute atomic E-state index is 0.0902. The van der Waals surface area contributed by atoms with E-state index in [1.54, 1.807) is 0 Å². The molecule has 3 aromatic rings. The molecular formula is C21H23N3O4S. The predicted octanol–water partition coefficient (Wildman–Crippen LogP) is 3.23. The van der Waals surface area contributed by atoms with Crippen molar-refractivity contribution in [1.82, 2.24) is 9.71 Å². The summed E-state index contributed by atoms with van der Waals surface area (Å²) in [6.07, 6.45) is 1.70. The maximum absolute atomic E-state index is 12.5. The SMILES string of the molecule is CC(=O)c1ccc(S(=O)(=O)NCC2CCN(c3nc4ccccc4o3)CC2)cc1. The first-order valence-corrected chi connectivity index (χ1v) is 11.1. The Kier molecular flexibility index (Phi) is 5.38. The molecule has 1 aliphatic heterocycles. The number of nitrogens with one attached hydrogen (secondary N) is 1. The summed E-state index contributed by atoms with van der Waals surface area (Å²) in [5.74, 6) is 0.162. The number of benzene rings is 2. The molecule has 1 saturated heterocycles. The third-order valence-electron chi connectivity index (χ3n) is 5.30. The molecule has 4 rings (SSSR count). The lowest BCUT2D eigenvalue weighted by Gasteiger charge is -2.30. The van der Waals surface area contributed by atoms with Gasteiger partial charge in [-0.15, -0.1) is 0 Å². The average molecular weight is 413 g/mol. The highest BCUT2D eigenvalue weighted by molar-refractivity contribution is 7.89. The number of ketones is 1. The molecule has 1 fully saturated rings. The number of Topliss-reactive ketones (excluding diaryl/α,β-unsaturated/α-hetero) is 1. The van der Waals surface area contributed by atoms with E-state index < -0.39 is 10.0 Å². The van der Waals surface area contributed by atoms with E-state index in [0.29, 0.717) is 18.1 Å². The smallest absolute Gasteiger partial charge is 0.298 e. The van der Waals surface area contributed by atoms with Crippen molar-refractivity contribution < 1.29 is 17.6 Å². The van der Waals surface area contributed by atoms with Crippen molar-refractivity contribution in [2.24, 2.45) is 5.92 Å². The molecule has 0 radical (unpaired) electrons. The van der Waals surface area contributed by atoms with Crippen LogP contribution < -0.4 is 9.62 Å². The fourth-order valence-corrected chi connectivity index (χ4v) is 4.62. The molecule has 7 nitrogen and oxygen atoms in total. The van der Waals surface area contributed by atoms with Crippen LogP contribution in [0.4, 0.5) is 6.01 Å². The number of aromatic nitrogens is 1. The lowest BCUT2D eigenvalue weighted by atomic mass is 9.97. The lowest BCUT2D eigenvalue weighted by molar-refractivity contribution is 0.101. The molecule has 1 aromatic heterocycles. The van der Waals surface area contributed by atoms with Crippen molar-refractivity contribution >= 4 is 32.9 Å². The molecule has 152 valence electrons. The average Bonchev–Trinajstić information content (AvgIpc) is 3.17. The Morgan fingerprint density at radius 2 is 1.83 bits per heavy atom. The van der Waals surface area contributed by atoms with Gasteiger partial charge in [0.1, 0.15) is 5.52 Å². The summed E-state index contributed by atoms with van der Waals surface area (Å²) in [5.41, 5.74) is 2.11. The number of piperidine rings is 1. The minimum atomic E-state index is -3.59. The third kappa shape index (κ3) is 4.33. The second-order valence-electron chi connectivity index (χ2n) is 7.33. The van der Waals surface area contributed by atoms with E-state index in [-0.39, 0.29) is 16.6 Å². The van der Waals surface area contributed by atoms with Crippen LogP contribution >= 0.6 is 0 Å². The zero-order chi connectivity index (χ0) is 20.4. The maximum Gasteiger partial charge on any atom is 0.298 e. The van der Waals surface area contributed by atoms with E-state index in [1.165, 1.54) is 31.2 Å². The summed E-state index contributed by atoms with van der Waals surface area (Å²) in [4.78, 5) is 18.1. The molecule has 2 aromatic carbocycles. The number of fused-ring (bicyclic) bond motifs is 1. The zero-order valence-corrected chi connectivity index (χ0v) is 17.0. The van der Waals surface area contributed by atoms with E-state index >= 15 is 0 Å². The summed E-state index contributed by atoms with van der Waals surface area (Å²) in [6, 6.07) is 14.3. The van der Waals surface area contributed by atoms with Gasteiger partial charge in [-0.1, -0.05) is 24.3 Å². The molecular weight excluding hydrogens is 390 g/mol. The van der Waals surface area contributed by atoms with Crippen LogP contribution in [0.25, 0.3) is 11.1 Å². The minimum Gasteiger partial charge on any atom is -0.423 e. The highest BCUT2D eigenvalue weighted by Crippen LogP contribution is 2.26. The van der Waals surface area contributed by atoms with E-state index in [1.807, 2.05) is 24.3 Å². The van der Waals surface area contributed by atoms with Gasteiger partial charge in [0.15, 0.2) is 11.4 Å². The number of anilines is 1. The maximum atomic E-state index is 12.5. The van der Waals surface area contributed by atoms with E-state index in [4.69, 9.17) is 4.42 Å². The van der Waals surface area contributed by atoms with Crippen LogP contribution in [0.5, 0.6) is 0 Å². The second kappa shape index (κ2) is 7.96. The third-order valence-corrected chi connectivity index (χ3v) is 6.74. The quantitative estimate of drug-likeness (QED) is 0.624. The van der Waals surface area contributed by atoms with Gasteiger partial charge < -0.3 is 9.32 Å². The normalized spacial score (nSPS) is 15.7. The molecule has 0 aliphatic carbocycles. The summed E-state index contributed by atoms with van der Waals surface area (Å²) in [5, 5.41) is 0. The van der Waals surface area contributed by atoms with Gasteiger partial charge in [0.25, 0.3) is 6.01 Å². The highest BCUT2D eigenvalue weighted by atomic mass is 32.2. The Bertz CT molecular complexity index is 1080. The van der Waals surface area contributed by atoms with Crippen molar-refractivity contribution in [1.29, 1.82) is 0 Å². The Morgan fingerprint density at radius 1 is 1.14 bits per heavy atom. The monoisotopic (exact) mass is 413 g/mol. The number of sulfonamides is 1. The van der Waals surface area contributed by atoms with Crippen molar-refractivity contribution in [3.8, 4) is 0 Å². The second-order valence-corrected chi connectivity index (χ2v) is 9.09. The van der Waals surface area contributed by atoms with E-state index in [2.05, 4.69) is 14.6 Å². The largest absolute Gasteiger partial charge is 0.423 e. The standard InChI is InChI=1S/C21H23N3O4S/c1-15(25)17-6-8-18(9-7-17)29(26,27)22-14-16-10-12-24(13-11-16)21-23-19-4-2-3-5-20(19)28-21/h2-9,16,22H,10-14H2,1H3. The first kappa shape index (κ1) is 19.6. The van der Waals surface area contributed by atoms with Crippen LogP contribution in [0.3, 0.4) is 0 Å². The van der Waals surface area contributed by atoms with Crippen LogP contribution in [0.2, 0.25) is 0 Å². The van der Waals surface area contributed by atoms with Crippen LogP contribution in [0.15, 0.2) is 57.8 Å². The van der Waals surface area contributed by atoms with Crippen LogP contribution in [-0.2, 0) is 10.0 Å². The number of hydrogen-bond donors (Lipinski definition) is 1. The molecule has 0 bridgehead atoms. The Balaban J connectivity index is 1.32. The zero-order valence-electron chi connectivity index (χ0n) is 16.2. The van der Waals surface area contributed by atoms with Crippen LogP contribution in [0, 0.1) is 5.92 Å². The van der Waals surface area contributed by atoms with Crippen LogP contribution in [-0.4, -0.2) is 38.8 Å². The molecule has 1 aliphatic rings. The number of para-hydroxylation sites is 2. The van der Waals surface area contributed by atoms with Gasteiger partial charge in [-0.25, -0.2) is 13.1 Å². The molecule has 2 heterocycles. The first-order valence-electron chi connectivity index (χ1n) is 9.63. The fourth-order valence-electron chi connectivity index (χ4n) is 3.50. The Labute approximate surface area is 169 Å². The summed E-state index contributed by atoms with van der Waals surface area (Å²) in [7, 11) is -3.59. The van der Waals surface area contributed by atoms with E-state index in [0.717, 1.165) is 37.0 Å². The van der Waals surface area contributed by atoms with E-state index in [9.17, 15) is 13.2 Å². The summed E-state index contributed by atoms with van der Waals surface area (Å²) in [6.45, 7) is 3.38. The number of rotatable bonds is 6. The first-order chi connectivity index (χ1) is 13.9. The van der Waals surface area contributed by atoms with Gasteiger partial charge in [0, 0.05) is 25.2 Å².